The zero-order chi connectivity index (χ0) is 21.2. The van der Waals surface area contributed by atoms with E-state index in [-0.39, 0.29) is 23.0 Å². The van der Waals surface area contributed by atoms with Crippen LogP contribution in [0.25, 0.3) is 11.1 Å². The van der Waals surface area contributed by atoms with Crippen LogP contribution in [0.5, 0.6) is 0 Å². The van der Waals surface area contributed by atoms with Gasteiger partial charge < -0.3 is 14.5 Å². The molecule has 2 heterocycles. The van der Waals surface area contributed by atoms with Gasteiger partial charge in [0.15, 0.2) is 0 Å². The first-order valence-electron chi connectivity index (χ1n) is 11.2. The number of methoxy groups -OCH3 is 1. The van der Waals surface area contributed by atoms with Crippen LogP contribution in [-0.2, 0) is 11.3 Å². The number of benzene rings is 3. The predicted octanol–water partition coefficient (Wildman–Crippen LogP) is 6.44. The summed E-state index contributed by atoms with van der Waals surface area (Å²) in [6.07, 6.45) is 5.53. The van der Waals surface area contributed by atoms with Crippen molar-refractivity contribution in [2.45, 2.75) is 38.4 Å². The number of nitrogens with zero attached hydrogens (tertiary/aromatic N) is 2. The van der Waals surface area contributed by atoms with Crippen LogP contribution in [0.4, 0.5) is 11.4 Å². The maximum absolute atomic E-state index is 12.1. The van der Waals surface area contributed by atoms with E-state index in [1.54, 1.807) is 0 Å². The molecule has 3 aromatic rings. The van der Waals surface area contributed by atoms with Gasteiger partial charge in [0.05, 0.1) is 24.0 Å². The van der Waals surface area contributed by atoms with Crippen molar-refractivity contribution in [2.24, 2.45) is 0 Å². The molecule has 0 aliphatic carbocycles. The monoisotopic (exact) mass is 492 g/mol. The maximum atomic E-state index is 12.1. The van der Waals surface area contributed by atoms with Gasteiger partial charge in [-0.2, -0.15) is 0 Å². The van der Waals surface area contributed by atoms with Crippen molar-refractivity contribution in [2.75, 3.05) is 23.5 Å². The topological polar surface area (TPSA) is 32.8 Å². The summed E-state index contributed by atoms with van der Waals surface area (Å²) in [6, 6.07) is 25.0. The normalized spacial score (nSPS) is 17.1. The standard InChI is InChI=1S/C27H28N2O2.BrH/c1-31-27(30)23-10-5-4-9-22(23)21-16-14-20(15-17-21)19-29-25-12-7-6-11-24(25)28-18-8-2-3-13-26(28)29;/h4-7,9-12,14-17,26H,2-3,8,13,18-19H2,1H3;1H. The highest BCUT2D eigenvalue weighted by molar-refractivity contribution is 8.93. The molecule has 2 aliphatic heterocycles. The molecule has 2 aliphatic rings. The van der Waals surface area contributed by atoms with Gasteiger partial charge in [0.1, 0.15) is 6.17 Å². The van der Waals surface area contributed by atoms with Crippen LogP contribution in [0.3, 0.4) is 0 Å². The third-order valence-electron chi connectivity index (χ3n) is 6.53. The number of hydrogen-bond acceptors (Lipinski definition) is 4. The quantitative estimate of drug-likeness (QED) is 0.392. The molecule has 166 valence electrons. The molecule has 32 heavy (non-hydrogen) atoms. The second kappa shape index (κ2) is 9.78. The smallest absolute Gasteiger partial charge is 0.338 e. The van der Waals surface area contributed by atoms with E-state index in [9.17, 15) is 4.79 Å². The largest absolute Gasteiger partial charge is 0.465 e. The molecule has 5 heteroatoms. The molecule has 0 bridgehead atoms. The average Bonchev–Trinajstić information content (AvgIpc) is 2.96. The highest BCUT2D eigenvalue weighted by Crippen LogP contribution is 2.43. The van der Waals surface area contributed by atoms with Crippen LogP contribution in [0.15, 0.2) is 72.8 Å². The van der Waals surface area contributed by atoms with Gasteiger partial charge in [0, 0.05) is 13.1 Å². The van der Waals surface area contributed by atoms with E-state index < -0.39 is 0 Å². The summed E-state index contributed by atoms with van der Waals surface area (Å²) in [5.74, 6) is -0.304. The number of carbonyl (C=O) groups is 1. The molecule has 3 aromatic carbocycles. The Kier molecular flexibility index (Phi) is 6.85. The first-order chi connectivity index (χ1) is 15.3. The summed E-state index contributed by atoms with van der Waals surface area (Å²) >= 11 is 0. The van der Waals surface area contributed by atoms with Gasteiger partial charge in [0.25, 0.3) is 0 Å². The van der Waals surface area contributed by atoms with Crippen LogP contribution in [-0.4, -0.2) is 25.8 Å². The average molecular weight is 493 g/mol. The number of halogens is 1. The maximum Gasteiger partial charge on any atom is 0.338 e. The number of fused-ring (bicyclic) bond motifs is 3. The van der Waals surface area contributed by atoms with E-state index in [1.807, 2.05) is 24.3 Å². The molecule has 4 nitrogen and oxygen atoms in total. The fourth-order valence-corrected chi connectivity index (χ4v) is 5.01. The molecule has 1 unspecified atom stereocenters. The molecular weight excluding hydrogens is 464 g/mol. The van der Waals surface area contributed by atoms with Gasteiger partial charge in [-0.3, -0.25) is 0 Å². The van der Waals surface area contributed by atoms with E-state index in [1.165, 1.54) is 49.7 Å². The van der Waals surface area contributed by atoms with Crippen LogP contribution in [0.1, 0.15) is 41.6 Å². The Morgan fingerprint density at radius 3 is 2.41 bits per heavy atom. The number of carbonyl (C=O) groups excluding carboxylic acids is 1. The van der Waals surface area contributed by atoms with E-state index in [4.69, 9.17) is 4.74 Å². The molecule has 1 saturated heterocycles. The molecule has 0 spiro atoms. The number of para-hydroxylation sites is 2. The molecule has 0 aromatic heterocycles. The van der Waals surface area contributed by atoms with E-state index in [0.717, 1.165) is 24.2 Å². The van der Waals surface area contributed by atoms with Crippen molar-refractivity contribution in [3.05, 3.63) is 83.9 Å². The van der Waals surface area contributed by atoms with Crippen LogP contribution in [0.2, 0.25) is 0 Å². The van der Waals surface area contributed by atoms with Crippen molar-refractivity contribution in [1.29, 1.82) is 0 Å². The SMILES string of the molecule is Br.COC(=O)c1ccccc1-c1ccc(CN2c3ccccc3N3CCCCCC32)cc1. The van der Waals surface area contributed by atoms with Crippen LogP contribution >= 0.6 is 17.0 Å². The molecular formula is C27H29BrN2O2. The Morgan fingerprint density at radius 2 is 1.62 bits per heavy atom. The summed E-state index contributed by atoms with van der Waals surface area (Å²) in [5.41, 5.74) is 6.53. The lowest BCUT2D eigenvalue weighted by atomic mass is 9.98. The molecule has 0 N–H and O–H groups in total. The molecule has 5 rings (SSSR count). The fraction of sp³-hybridized carbons (Fsp3) is 0.296. The third kappa shape index (κ3) is 4.14. The van der Waals surface area contributed by atoms with Gasteiger partial charge in [-0.1, -0.05) is 61.0 Å². The van der Waals surface area contributed by atoms with Gasteiger partial charge >= 0.3 is 5.97 Å². The van der Waals surface area contributed by atoms with Crippen LogP contribution < -0.4 is 9.80 Å². The number of rotatable bonds is 4. The van der Waals surface area contributed by atoms with Crippen molar-refractivity contribution in [3.8, 4) is 11.1 Å². The lowest BCUT2D eigenvalue weighted by molar-refractivity contribution is 0.0601. The summed E-state index contributed by atoms with van der Waals surface area (Å²) < 4.78 is 4.95. The first-order valence-corrected chi connectivity index (χ1v) is 11.2. The minimum absolute atomic E-state index is 0. The molecule has 0 amide bonds. The zero-order valence-corrected chi connectivity index (χ0v) is 20.1. The minimum Gasteiger partial charge on any atom is -0.465 e. The van der Waals surface area contributed by atoms with Gasteiger partial charge in [-0.05, 0) is 54.2 Å². The summed E-state index contributed by atoms with van der Waals surface area (Å²) in [6.45, 7) is 2.03. The molecule has 0 radical (unpaired) electrons. The Hall–Kier alpha value is -2.79. The minimum atomic E-state index is -0.304. The lowest BCUT2D eigenvalue weighted by Crippen LogP contribution is -2.42. The number of anilines is 2. The highest BCUT2D eigenvalue weighted by Gasteiger charge is 2.35. The van der Waals surface area contributed by atoms with Gasteiger partial charge in [0.2, 0.25) is 0 Å². The van der Waals surface area contributed by atoms with Crippen LogP contribution in [0, 0.1) is 0 Å². The van der Waals surface area contributed by atoms with Crippen molar-refractivity contribution in [1.82, 2.24) is 0 Å². The zero-order valence-electron chi connectivity index (χ0n) is 18.4. The van der Waals surface area contributed by atoms with Crippen molar-refractivity contribution in [3.63, 3.8) is 0 Å². The Bertz CT molecular complexity index is 1080. The molecule has 1 fully saturated rings. The summed E-state index contributed by atoms with van der Waals surface area (Å²) in [5, 5.41) is 0. The fourth-order valence-electron chi connectivity index (χ4n) is 5.01. The lowest BCUT2D eigenvalue weighted by Gasteiger charge is -2.31. The first kappa shape index (κ1) is 22.4. The number of hydrogen-bond donors (Lipinski definition) is 0. The van der Waals surface area contributed by atoms with Gasteiger partial charge in [-0.25, -0.2) is 4.79 Å². The summed E-state index contributed by atoms with van der Waals surface area (Å²) in [4.78, 5) is 17.3. The van der Waals surface area contributed by atoms with Crippen molar-refractivity contribution >= 4 is 34.3 Å². The van der Waals surface area contributed by atoms with Crippen molar-refractivity contribution < 1.29 is 9.53 Å². The highest BCUT2D eigenvalue weighted by atomic mass is 79.9. The number of ether oxygens (including phenoxy) is 1. The predicted molar refractivity (Wildman–Crippen MR) is 136 cm³/mol. The Morgan fingerprint density at radius 1 is 0.906 bits per heavy atom. The Balaban J connectivity index is 0.00000245. The molecule has 0 saturated carbocycles. The molecule has 1 atom stereocenters. The van der Waals surface area contributed by atoms with E-state index in [2.05, 4.69) is 58.3 Å². The summed E-state index contributed by atoms with van der Waals surface area (Å²) in [7, 11) is 1.42. The van der Waals surface area contributed by atoms with E-state index >= 15 is 0 Å². The van der Waals surface area contributed by atoms with E-state index in [0.29, 0.717) is 11.7 Å². The van der Waals surface area contributed by atoms with Gasteiger partial charge in [-0.15, -0.1) is 17.0 Å². The Labute approximate surface area is 200 Å². The third-order valence-corrected chi connectivity index (χ3v) is 6.53. The second-order valence-electron chi connectivity index (χ2n) is 8.37. The number of esters is 1. The second-order valence-corrected chi connectivity index (χ2v) is 8.37.